The van der Waals surface area contributed by atoms with Gasteiger partial charge in [-0.05, 0) is 19.1 Å². The van der Waals surface area contributed by atoms with Crippen LogP contribution < -0.4 is 21.1 Å². The van der Waals surface area contributed by atoms with Crippen molar-refractivity contribution in [1.29, 1.82) is 0 Å². The van der Waals surface area contributed by atoms with Gasteiger partial charge in [-0.1, -0.05) is 11.3 Å². The predicted octanol–water partition coefficient (Wildman–Crippen LogP) is 1.31. The van der Waals surface area contributed by atoms with Gasteiger partial charge < -0.3 is 15.0 Å². The smallest absolute Gasteiger partial charge is 0.293 e. The highest BCUT2D eigenvalue weighted by Crippen LogP contribution is 2.27. The van der Waals surface area contributed by atoms with Crippen LogP contribution in [0.1, 0.15) is 25.7 Å². The number of morpholine rings is 1. The fraction of sp³-hybridized carbons (Fsp3) is 0.353. The van der Waals surface area contributed by atoms with E-state index in [0.29, 0.717) is 36.9 Å². The number of carbonyl (C=O) groups is 2. The van der Waals surface area contributed by atoms with Gasteiger partial charge in [0.05, 0.1) is 23.8 Å². The number of ether oxygens (including phenoxy) is 1. The first kappa shape index (κ1) is 20.5. The molecule has 0 bridgehead atoms. The molecule has 11 nitrogen and oxygen atoms in total. The normalized spacial score (nSPS) is 13.7. The molecule has 2 aromatic rings. The van der Waals surface area contributed by atoms with Crippen LogP contribution in [0.25, 0.3) is 0 Å². The van der Waals surface area contributed by atoms with Gasteiger partial charge in [0, 0.05) is 31.8 Å². The summed E-state index contributed by atoms with van der Waals surface area (Å²) in [5.74, 6) is -1.17. The summed E-state index contributed by atoms with van der Waals surface area (Å²) in [6.07, 6.45) is 0. The van der Waals surface area contributed by atoms with Crippen LogP contribution in [0.4, 0.5) is 16.5 Å². The molecule has 0 atom stereocenters. The highest BCUT2D eigenvalue weighted by molar-refractivity contribution is 7.17. The maximum atomic E-state index is 12.5. The number of aromatic nitrogens is 1. The van der Waals surface area contributed by atoms with E-state index in [0.717, 1.165) is 11.2 Å². The summed E-state index contributed by atoms with van der Waals surface area (Å²) in [5, 5.41) is 14.5. The van der Waals surface area contributed by atoms with E-state index in [1.54, 1.807) is 14.0 Å². The molecular formula is C17H20N6O5S. The van der Waals surface area contributed by atoms with Crippen LogP contribution in [-0.4, -0.2) is 55.1 Å². The van der Waals surface area contributed by atoms with E-state index >= 15 is 0 Å². The molecule has 0 saturated carbocycles. The van der Waals surface area contributed by atoms with Crippen molar-refractivity contribution in [2.24, 2.45) is 0 Å². The number of nitrogens with one attached hydrogen (secondary N) is 3. The van der Waals surface area contributed by atoms with Crippen molar-refractivity contribution in [3.05, 3.63) is 44.4 Å². The largest absolute Gasteiger partial charge is 0.383 e. The Bertz CT molecular complexity index is 940. The average Bonchev–Trinajstić information content (AvgIpc) is 3.13. The van der Waals surface area contributed by atoms with Crippen LogP contribution in [0.15, 0.2) is 18.2 Å². The Kier molecular flexibility index (Phi) is 6.24. The Morgan fingerprint density at radius 2 is 1.93 bits per heavy atom. The quantitative estimate of drug-likeness (QED) is 0.486. The molecule has 1 aliphatic rings. The maximum Gasteiger partial charge on any atom is 0.293 e. The molecule has 12 heteroatoms. The number of hydrogen-bond acceptors (Lipinski definition) is 9. The van der Waals surface area contributed by atoms with E-state index in [4.69, 9.17) is 4.74 Å². The minimum atomic E-state index is -0.667. The number of benzene rings is 1. The van der Waals surface area contributed by atoms with Crippen molar-refractivity contribution >= 4 is 39.7 Å². The van der Waals surface area contributed by atoms with E-state index in [1.165, 1.54) is 23.5 Å². The third-order valence-corrected chi connectivity index (χ3v) is 5.51. The lowest BCUT2D eigenvalue weighted by molar-refractivity contribution is -0.384. The minimum absolute atomic E-state index is 0.0473. The number of nitrogens with zero attached hydrogens (tertiary/aromatic N) is 3. The monoisotopic (exact) mass is 420 g/mol. The molecule has 1 aromatic carbocycles. The number of hydrogen-bond donors (Lipinski definition) is 3. The SMILES string of the molecule is CNc1ccc(C(=O)NNC(=O)c2sc(N3CCOCC3)nc2C)cc1[N+](=O)[O-]. The highest BCUT2D eigenvalue weighted by atomic mass is 32.1. The van der Waals surface area contributed by atoms with Gasteiger partial charge >= 0.3 is 0 Å². The number of aryl methyl sites for hydroxylation is 1. The van der Waals surface area contributed by atoms with Gasteiger partial charge in [0.1, 0.15) is 10.6 Å². The van der Waals surface area contributed by atoms with E-state index < -0.39 is 16.7 Å². The van der Waals surface area contributed by atoms with E-state index in [9.17, 15) is 19.7 Å². The number of amides is 2. The molecule has 3 N–H and O–H groups in total. The first-order valence-corrected chi connectivity index (χ1v) is 9.59. The van der Waals surface area contributed by atoms with Crippen molar-refractivity contribution < 1.29 is 19.2 Å². The van der Waals surface area contributed by atoms with Crippen LogP contribution in [0.5, 0.6) is 0 Å². The molecular weight excluding hydrogens is 400 g/mol. The van der Waals surface area contributed by atoms with Gasteiger partial charge in [-0.3, -0.25) is 30.6 Å². The molecule has 1 aliphatic heterocycles. The summed E-state index contributed by atoms with van der Waals surface area (Å²) in [5.41, 5.74) is 5.26. The molecule has 0 unspecified atom stereocenters. The Hall–Kier alpha value is -3.25. The van der Waals surface area contributed by atoms with E-state index in [-0.39, 0.29) is 16.9 Å². The number of thiazole rings is 1. The highest BCUT2D eigenvalue weighted by Gasteiger charge is 2.22. The second-order valence-corrected chi connectivity index (χ2v) is 7.14. The Morgan fingerprint density at radius 3 is 2.59 bits per heavy atom. The zero-order valence-electron chi connectivity index (χ0n) is 15.9. The maximum absolute atomic E-state index is 12.5. The molecule has 1 fully saturated rings. The van der Waals surface area contributed by atoms with Crippen LogP contribution in [0.2, 0.25) is 0 Å². The Labute approximate surface area is 170 Å². The lowest BCUT2D eigenvalue weighted by Crippen LogP contribution is -2.41. The first-order chi connectivity index (χ1) is 13.9. The molecule has 29 heavy (non-hydrogen) atoms. The number of anilines is 2. The van der Waals surface area contributed by atoms with E-state index in [1.807, 2.05) is 4.90 Å². The third-order valence-electron chi connectivity index (χ3n) is 4.29. The Morgan fingerprint density at radius 1 is 1.24 bits per heavy atom. The summed E-state index contributed by atoms with van der Waals surface area (Å²) in [7, 11) is 1.55. The van der Waals surface area contributed by atoms with Crippen molar-refractivity contribution in [1.82, 2.24) is 15.8 Å². The molecule has 2 amide bonds. The summed E-state index contributed by atoms with van der Waals surface area (Å²) in [6.45, 7) is 4.33. The average molecular weight is 420 g/mol. The summed E-state index contributed by atoms with van der Waals surface area (Å²) < 4.78 is 5.31. The van der Waals surface area contributed by atoms with Crippen molar-refractivity contribution in [2.75, 3.05) is 43.6 Å². The molecule has 154 valence electrons. The zero-order chi connectivity index (χ0) is 21.0. The van der Waals surface area contributed by atoms with Gasteiger partial charge in [-0.2, -0.15) is 0 Å². The second kappa shape index (κ2) is 8.84. The summed E-state index contributed by atoms with van der Waals surface area (Å²) in [4.78, 5) is 42.1. The summed E-state index contributed by atoms with van der Waals surface area (Å²) >= 11 is 1.23. The summed E-state index contributed by atoms with van der Waals surface area (Å²) in [6, 6.07) is 3.99. The van der Waals surface area contributed by atoms with Crippen molar-refractivity contribution in [3.8, 4) is 0 Å². The van der Waals surface area contributed by atoms with Crippen molar-refractivity contribution in [3.63, 3.8) is 0 Å². The molecule has 0 aliphatic carbocycles. The van der Waals surface area contributed by atoms with Gasteiger partial charge in [-0.15, -0.1) is 0 Å². The first-order valence-electron chi connectivity index (χ1n) is 8.77. The number of rotatable bonds is 5. The predicted molar refractivity (Wildman–Crippen MR) is 107 cm³/mol. The van der Waals surface area contributed by atoms with E-state index in [2.05, 4.69) is 21.2 Å². The standard InChI is InChI=1S/C17H20N6O5S/c1-10-14(29-17(19-10)22-5-7-28-8-6-22)16(25)21-20-15(24)11-3-4-12(18-2)13(9-11)23(26)27/h3-4,9,18H,5-8H2,1-2H3,(H,20,24)(H,21,25). The number of nitro groups is 1. The molecule has 0 spiro atoms. The lowest BCUT2D eigenvalue weighted by Gasteiger charge is -2.25. The number of nitro benzene ring substituents is 1. The molecule has 3 rings (SSSR count). The Balaban J connectivity index is 1.66. The molecule has 2 heterocycles. The molecule has 0 radical (unpaired) electrons. The van der Waals surface area contributed by atoms with Crippen LogP contribution in [0.3, 0.4) is 0 Å². The fourth-order valence-electron chi connectivity index (χ4n) is 2.76. The molecule has 1 aromatic heterocycles. The fourth-order valence-corrected chi connectivity index (χ4v) is 3.77. The minimum Gasteiger partial charge on any atom is -0.383 e. The molecule has 1 saturated heterocycles. The van der Waals surface area contributed by atoms with Gasteiger partial charge in [0.25, 0.3) is 17.5 Å². The van der Waals surface area contributed by atoms with Gasteiger partial charge in [-0.25, -0.2) is 4.98 Å². The van der Waals surface area contributed by atoms with Crippen molar-refractivity contribution in [2.45, 2.75) is 6.92 Å². The topological polar surface area (TPSA) is 139 Å². The third kappa shape index (κ3) is 4.60. The van der Waals surface area contributed by atoms with Crippen LogP contribution in [0, 0.1) is 17.0 Å². The van der Waals surface area contributed by atoms with Crippen LogP contribution >= 0.6 is 11.3 Å². The second-order valence-electron chi connectivity index (χ2n) is 6.16. The van der Waals surface area contributed by atoms with Gasteiger partial charge in [0.2, 0.25) is 0 Å². The number of hydrazine groups is 1. The number of carbonyl (C=O) groups excluding carboxylic acids is 2. The zero-order valence-corrected chi connectivity index (χ0v) is 16.7. The van der Waals surface area contributed by atoms with Gasteiger partial charge in [0.15, 0.2) is 5.13 Å². The van der Waals surface area contributed by atoms with Crippen LogP contribution in [-0.2, 0) is 4.74 Å². The lowest BCUT2D eigenvalue weighted by atomic mass is 10.1.